The third-order valence-electron chi connectivity index (χ3n) is 5.36. The minimum Gasteiger partial charge on any atom is -0.493 e. The van der Waals surface area contributed by atoms with Gasteiger partial charge in [-0.25, -0.2) is 13.6 Å². The van der Waals surface area contributed by atoms with Gasteiger partial charge in [0.05, 0.1) is 30.2 Å². The van der Waals surface area contributed by atoms with Gasteiger partial charge >= 0.3 is 0 Å². The van der Waals surface area contributed by atoms with E-state index in [9.17, 15) is 13.2 Å². The van der Waals surface area contributed by atoms with Crippen molar-refractivity contribution in [3.63, 3.8) is 0 Å². The standard InChI is InChI=1S/C24H24N4O5S/c25-24(26)17-4-3-5-18(14-17)32-12-10-23(29)28-11-13-33-21-15-16(8-9-20(21)28)19-6-1-2-7-22(19)34(27,30)31/h1-9,14-15H,10-13H2,(H3,25,26)(H2,27,30,31). The number of amidine groups is 1. The number of anilines is 1. The number of fused-ring (bicyclic) bond motifs is 1. The summed E-state index contributed by atoms with van der Waals surface area (Å²) in [4.78, 5) is 14.6. The normalized spacial score (nSPS) is 13.0. The monoisotopic (exact) mass is 480 g/mol. The number of nitrogens with zero attached hydrogens (tertiary/aromatic N) is 1. The lowest BCUT2D eigenvalue weighted by Gasteiger charge is -2.30. The number of sulfonamides is 1. The van der Waals surface area contributed by atoms with Gasteiger partial charge in [-0.05, 0) is 35.9 Å². The molecule has 3 aromatic carbocycles. The summed E-state index contributed by atoms with van der Waals surface area (Å²) < 4.78 is 35.4. The number of hydrogen-bond donors (Lipinski definition) is 3. The molecular weight excluding hydrogens is 456 g/mol. The second-order valence-electron chi connectivity index (χ2n) is 7.66. The zero-order chi connectivity index (χ0) is 24.3. The lowest BCUT2D eigenvalue weighted by atomic mass is 10.0. The fourth-order valence-electron chi connectivity index (χ4n) is 3.74. The third-order valence-corrected chi connectivity index (χ3v) is 6.33. The highest BCUT2D eigenvalue weighted by Gasteiger charge is 2.25. The Morgan fingerprint density at radius 1 is 1.09 bits per heavy atom. The van der Waals surface area contributed by atoms with Crippen LogP contribution in [0.25, 0.3) is 11.1 Å². The van der Waals surface area contributed by atoms with Crippen molar-refractivity contribution in [2.45, 2.75) is 11.3 Å². The number of ether oxygens (including phenoxy) is 2. The largest absolute Gasteiger partial charge is 0.493 e. The van der Waals surface area contributed by atoms with Crippen LogP contribution < -0.4 is 25.2 Å². The summed E-state index contributed by atoms with van der Waals surface area (Å²) in [6.45, 7) is 0.853. The van der Waals surface area contributed by atoms with E-state index in [-0.39, 0.29) is 29.7 Å². The quantitative estimate of drug-likeness (QED) is 0.349. The number of carbonyl (C=O) groups excluding carboxylic acids is 1. The molecule has 10 heteroatoms. The van der Waals surface area contributed by atoms with Crippen molar-refractivity contribution in [1.82, 2.24) is 0 Å². The highest BCUT2D eigenvalue weighted by atomic mass is 32.2. The van der Waals surface area contributed by atoms with Gasteiger partial charge in [0.15, 0.2) is 0 Å². The summed E-state index contributed by atoms with van der Waals surface area (Å²) in [5.74, 6) is 0.819. The number of nitrogen functional groups attached to an aromatic ring is 1. The van der Waals surface area contributed by atoms with Crippen LogP contribution in [0.1, 0.15) is 12.0 Å². The molecule has 0 aliphatic carbocycles. The Bertz CT molecular complexity index is 1360. The van der Waals surface area contributed by atoms with Crippen LogP contribution in [0, 0.1) is 5.41 Å². The molecule has 0 spiro atoms. The second-order valence-corrected chi connectivity index (χ2v) is 9.19. The zero-order valence-electron chi connectivity index (χ0n) is 18.2. The van der Waals surface area contributed by atoms with E-state index in [1.54, 1.807) is 65.6 Å². The first-order valence-corrected chi connectivity index (χ1v) is 12.1. The first-order chi connectivity index (χ1) is 16.2. The number of nitrogens with one attached hydrogen (secondary N) is 1. The van der Waals surface area contributed by atoms with Crippen molar-refractivity contribution in [1.29, 1.82) is 5.41 Å². The van der Waals surface area contributed by atoms with Crippen LogP contribution in [0.15, 0.2) is 71.6 Å². The predicted molar refractivity (Wildman–Crippen MR) is 129 cm³/mol. The van der Waals surface area contributed by atoms with Gasteiger partial charge in [-0.15, -0.1) is 0 Å². The fourth-order valence-corrected chi connectivity index (χ4v) is 4.51. The molecule has 3 aromatic rings. The maximum atomic E-state index is 12.9. The number of amides is 1. The minimum absolute atomic E-state index is 0.0182. The number of rotatable bonds is 7. The van der Waals surface area contributed by atoms with Crippen molar-refractivity contribution in [3.05, 3.63) is 72.3 Å². The lowest BCUT2D eigenvalue weighted by Crippen LogP contribution is -2.38. The number of hydrogen-bond acceptors (Lipinski definition) is 6. The molecule has 176 valence electrons. The molecule has 0 radical (unpaired) electrons. The molecule has 0 saturated heterocycles. The Balaban J connectivity index is 1.49. The van der Waals surface area contributed by atoms with E-state index in [0.29, 0.717) is 47.0 Å². The van der Waals surface area contributed by atoms with E-state index in [1.165, 1.54) is 6.07 Å². The lowest BCUT2D eigenvalue weighted by molar-refractivity contribution is -0.119. The van der Waals surface area contributed by atoms with Crippen molar-refractivity contribution >= 4 is 27.5 Å². The molecule has 0 unspecified atom stereocenters. The molecule has 0 bridgehead atoms. The van der Waals surface area contributed by atoms with Crippen LogP contribution >= 0.6 is 0 Å². The van der Waals surface area contributed by atoms with Crippen LogP contribution in [0.5, 0.6) is 11.5 Å². The van der Waals surface area contributed by atoms with E-state index in [1.807, 2.05) is 0 Å². The summed E-state index contributed by atoms with van der Waals surface area (Å²) in [5.41, 5.74) is 7.73. The van der Waals surface area contributed by atoms with E-state index >= 15 is 0 Å². The van der Waals surface area contributed by atoms with Gasteiger partial charge in [-0.2, -0.15) is 0 Å². The number of benzene rings is 3. The Kier molecular flexibility index (Phi) is 6.53. The van der Waals surface area contributed by atoms with Gasteiger partial charge in [-0.3, -0.25) is 10.2 Å². The molecule has 1 heterocycles. The Morgan fingerprint density at radius 2 is 1.88 bits per heavy atom. The van der Waals surface area contributed by atoms with Crippen LogP contribution in [-0.2, 0) is 14.8 Å². The van der Waals surface area contributed by atoms with E-state index < -0.39 is 10.0 Å². The van der Waals surface area contributed by atoms with E-state index in [2.05, 4.69) is 0 Å². The molecule has 1 amide bonds. The highest BCUT2D eigenvalue weighted by molar-refractivity contribution is 7.89. The SMILES string of the molecule is N=C(N)c1cccc(OCCC(=O)N2CCOc3cc(-c4ccccc4S(N)(=O)=O)ccc32)c1. The first kappa shape index (κ1) is 23.3. The summed E-state index contributed by atoms with van der Waals surface area (Å²) in [5, 5.41) is 12.9. The summed E-state index contributed by atoms with van der Waals surface area (Å²) >= 11 is 0. The van der Waals surface area contributed by atoms with Crippen molar-refractivity contribution in [2.75, 3.05) is 24.7 Å². The fraction of sp³-hybridized carbons (Fsp3) is 0.167. The Morgan fingerprint density at radius 3 is 2.65 bits per heavy atom. The number of nitrogens with two attached hydrogens (primary N) is 2. The van der Waals surface area contributed by atoms with Crippen LogP contribution in [0.2, 0.25) is 0 Å². The van der Waals surface area contributed by atoms with Gasteiger partial charge in [0.1, 0.15) is 23.9 Å². The average Bonchev–Trinajstić information content (AvgIpc) is 2.83. The van der Waals surface area contributed by atoms with Crippen LogP contribution in [0.4, 0.5) is 5.69 Å². The van der Waals surface area contributed by atoms with Gasteiger partial charge in [0.25, 0.3) is 0 Å². The maximum absolute atomic E-state index is 12.9. The molecule has 0 fully saturated rings. The molecule has 0 saturated carbocycles. The second kappa shape index (κ2) is 9.54. The maximum Gasteiger partial charge on any atom is 0.238 e. The van der Waals surface area contributed by atoms with Gasteiger partial charge < -0.3 is 20.1 Å². The molecule has 34 heavy (non-hydrogen) atoms. The van der Waals surface area contributed by atoms with Crippen molar-refractivity contribution < 1.29 is 22.7 Å². The third kappa shape index (κ3) is 5.03. The van der Waals surface area contributed by atoms with E-state index in [4.69, 9.17) is 25.8 Å². The molecule has 9 nitrogen and oxygen atoms in total. The van der Waals surface area contributed by atoms with Crippen LogP contribution in [-0.4, -0.2) is 39.9 Å². The summed E-state index contributed by atoms with van der Waals surface area (Å²) in [6.07, 6.45) is 0.139. The van der Waals surface area contributed by atoms with E-state index in [0.717, 1.165) is 0 Å². The van der Waals surface area contributed by atoms with Gasteiger partial charge in [-0.1, -0.05) is 36.4 Å². The van der Waals surface area contributed by atoms with Crippen molar-refractivity contribution in [2.24, 2.45) is 10.9 Å². The molecule has 1 aliphatic rings. The zero-order valence-corrected chi connectivity index (χ0v) is 19.0. The predicted octanol–water partition coefficient (Wildman–Crippen LogP) is 2.48. The average molecular weight is 481 g/mol. The topological polar surface area (TPSA) is 149 Å². The Hall–Kier alpha value is -3.89. The molecule has 5 N–H and O–H groups in total. The number of primary sulfonamides is 1. The molecule has 0 aromatic heterocycles. The Labute approximate surface area is 197 Å². The smallest absolute Gasteiger partial charge is 0.238 e. The van der Waals surface area contributed by atoms with Gasteiger partial charge in [0, 0.05) is 11.1 Å². The molecular formula is C24H24N4O5S. The van der Waals surface area contributed by atoms with Crippen LogP contribution in [0.3, 0.4) is 0 Å². The molecule has 0 atom stereocenters. The number of carbonyl (C=O) groups is 1. The molecule has 1 aliphatic heterocycles. The first-order valence-electron chi connectivity index (χ1n) is 10.5. The minimum atomic E-state index is -3.91. The summed E-state index contributed by atoms with van der Waals surface area (Å²) in [7, 11) is -3.91. The van der Waals surface area contributed by atoms with Gasteiger partial charge in [0.2, 0.25) is 15.9 Å². The summed E-state index contributed by atoms with van der Waals surface area (Å²) in [6, 6.07) is 18.5. The van der Waals surface area contributed by atoms with Crippen molar-refractivity contribution in [3.8, 4) is 22.6 Å². The highest BCUT2D eigenvalue weighted by Crippen LogP contribution is 2.37. The molecule has 4 rings (SSSR count).